The third-order valence-electron chi connectivity index (χ3n) is 6.63. The van der Waals surface area contributed by atoms with Crippen LogP contribution in [0.15, 0.2) is 35.3 Å². The first-order chi connectivity index (χ1) is 17.8. The highest BCUT2D eigenvalue weighted by atomic mass is 35.5. The average molecular weight is 555 g/mol. The van der Waals surface area contributed by atoms with Gasteiger partial charge in [0.25, 0.3) is 5.91 Å². The first-order valence-electron chi connectivity index (χ1n) is 11.7. The first kappa shape index (κ1) is 26.1. The zero-order valence-corrected chi connectivity index (χ0v) is 20.5. The number of pyridine rings is 2. The molecule has 2 amide bonds. The van der Waals surface area contributed by atoms with Gasteiger partial charge in [-0.3, -0.25) is 23.9 Å². The highest BCUT2D eigenvalue weighted by Gasteiger charge is 2.50. The van der Waals surface area contributed by atoms with Crippen molar-refractivity contribution in [2.45, 2.75) is 38.4 Å². The number of fused-ring (bicyclic) bond motifs is 1. The van der Waals surface area contributed by atoms with E-state index in [1.807, 2.05) is 12.2 Å². The number of carbonyl (C=O) groups is 2. The number of halogens is 6. The van der Waals surface area contributed by atoms with E-state index in [1.165, 1.54) is 17.0 Å². The van der Waals surface area contributed by atoms with Gasteiger partial charge >= 0.3 is 6.18 Å². The number of hydrogen-bond acceptors (Lipinski definition) is 4. The lowest BCUT2D eigenvalue weighted by atomic mass is 10.1. The molecule has 1 N–H and O–H groups in total. The van der Waals surface area contributed by atoms with Crippen LogP contribution in [0.25, 0.3) is 16.7 Å². The molecule has 0 bridgehead atoms. The maximum Gasteiger partial charge on any atom is 0.408 e. The highest BCUT2D eigenvalue weighted by Crippen LogP contribution is 2.40. The summed E-state index contributed by atoms with van der Waals surface area (Å²) in [6.07, 6.45) is -3.11. The molecule has 1 saturated carbocycles. The van der Waals surface area contributed by atoms with Crippen LogP contribution in [-0.4, -0.2) is 40.1 Å². The van der Waals surface area contributed by atoms with Gasteiger partial charge in [-0.1, -0.05) is 18.5 Å². The van der Waals surface area contributed by atoms with Gasteiger partial charge in [0.2, 0.25) is 11.3 Å². The van der Waals surface area contributed by atoms with Crippen LogP contribution in [0.4, 0.5) is 27.8 Å². The molecule has 2 atom stereocenters. The van der Waals surface area contributed by atoms with Crippen molar-refractivity contribution in [1.29, 1.82) is 0 Å². The number of rotatable bonds is 5. The van der Waals surface area contributed by atoms with Gasteiger partial charge < -0.3 is 5.32 Å². The van der Waals surface area contributed by atoms with Crippen molar-refractivity contribution in [3.8, 4) is 5.69 Å². The maximum absolute atomic E-state index is 15.0. The Morgan fingerprint density at radius 1 is 1.18 bits per heavy atom. The topological polar surface area (TPSA) is 84.3 Å². The summed E-state index contributed by atoms with van der Waals surface area (Å²) in [5.41, 5.74) is -2.37. The minimum Gasteiger partial charge on any atom is -0.340 e. The number of hydrogen-bond donors (Lipinski definition) is 1. The molecule has 0 radical (unpaired) electrons. The monoisotopic (exact) mass is 554 g/mol. The van der Waals surface area contributed by atoms with E-state index in [2.05, 4.69) is 4.98 Å². The van der Waals surface area contributed by atoms with Crippen molar-refractivity contribution in [1.82, 2.24) is 14.9 Å². The van der Waals surface area contributed by atoms with E-state index in [0.29, 0.717) is 12.6 Å². The zero-order chi connectivity index (χ0) is 27.5. The van der Waals surface area contributed by atoms with Gasteiger partial charge in [0.15, 0.2) is 11.5 Å². The van der Waals surface area contributed by atoms with Gasteiger partial charge in [-0.15, -0.1) is 0 Å². The average Bonchev–Trinajstić information content (AvgIpc) is 3.59. The Morgan fingerprint density at radius 2 is 1.89 bits per heavy atom. The first-order valence-corrected chi connectivity index (χ1v) is 12.1. The quantitative estimate of drug-likeness (QED) is 0.461. The summed E-state index contributed by atoms with van der Waals surface area (Å²) >= 11 is 6.12. The number of carbonyl (C=O) groups excluding carboxylic acids is 2. The van der Waals surface area contributed by atoms with Crippen LogP contribution in [-0.2, 0) is 4.79 Å². The van der Waals surface area contributed by atoms with E-state index in [-0.39, 0.29) is 47.9 Å². The predicted octanol–water partition coefficient (Wildman–Crippen LogP) is 4.76. The Kier molecular flexibility index (Phi) is 6.41. The Morgan fingerprint density at radius 3 is 2.47 bits per heavy atom. The third kappa shape index (κ3) is 4.72. The molecule has 3 heterocycles. The van der Waals surface area contributed by atoms with Crippen LogP contribution in [0.5, 0.6) is 0 Å². The molecule has 2 aliphatic rings. The molecule has 1 aromatic carbocycles. The van der Waals surface area contributed by atoms with E-state index in [0.717, 1.165) is 16.8 Å². The summed E-state index contributed by atoms with van der Waals surface area (Å²) in [5, 5.41) is 1.21. The fourth-order valence-electron chi connectivity index (χ4n) is 4.66. The lowest BCUT2D eigenvalue weighted by molar-refractivity contribution is -0.158. The lowest BCUT2D eigenvalue weighted by Crippen LogP contribution is -2.48. The van der Waals surface area contributed by atoms with E-state index in [4.69, 9.17) is 11.6 Å². The van der Waals surface area contributed by atoms with Crippen molar-refractivity contribution >= 4 is 40.3 Å². The molecule has 5 rings (SSSR count). The Balaban J connectivity index is 1.70. The summed E-state index contributed by atoms with van der Waals surface area (Å²) in [5.74, 6) is -4.34. The molecule has 13 heteroatoms. The SMILES string of the molecule is CC1CC(=O)N(c2ccc3c(=O)c(C(=O)NC(C4CC4)C(F)(F)F)cn(-c4c(F)cc(F)cc4Cl)c3n2)C1. The van der Waals surface area contributed by atoms with Gasteiger partial charge in [-0.2, -0.15) is 13.2 Å². The second-order valence-corrected chi connectivity index (χ2v) is 10.1. The molecule has 38 heavy (non-hydrogen) atoms. The molecular formula is C25H20ClF5N4O3. The smallest absolute Gasteiger partial charge is 0.340 e. The fraction of sp³-hybridized carbons (Fsp3) is 0.360. The highest BCUT2D eigenvalue weighted by molar-refractivity contribution is 6.32. The summed E-state index contributed by atoms with van der Waals surface area (Å²) < 4.78 is 70.3. The normalized spacial score (nSPS) is 18.8. The van der Waals surface area contributed by atoms with Gasteiger partial charge in [0.05, 0.1) is 10.4 Å². The number of benzene rings is 1. The minimum atomic E-state index is -4.74. The van der Waals surface area contributed by atoms with Gasteiger partial charge in [-0.05, 0) is 42.9 Å². The molecule has 3 aromatic rings. The molecular weight excluding hydrogens is 535 g/mol. The predicted molar refractivity (Wildman–Crippen MR) is 128 cm³/mol. The standard InChI is InChI=1S/C25H20ClF5N4O3/c1-11-6-19(36)34(9-11)18-5-4-14-21(37)15(24(38)33-22(12-2-3-12)25(29,30)31)10-35(23(14)32-18)20-16(26)7-13(27)8-17(20)28/h4-5,7-8,10-12,22H,2-3,6,9H2,1H3,(H,33,38). The number of amides is 2. The van der Waals surface area contributed by atoms with Gasteiger partial charge in [0, 0.05) is 25.2 Å². The van der Waals surface area contributed by atoms with Gasteiger partial charge in [-0.25, -0.2) is 13.8 Å². The summed E-state index contributed by atoms with van der Waals surface area (Å²) in [4.78, 5) is 44.4. The van der Waals surface area contributed by atoms with Crippen molar-refractivity contribution in [3.05, 3.63) is 62.9 Å². The Labute approximate surface area is 217 Å². The molecule has 1 aliphatic carbocycles. The maximum atomic E-state index is 15.0. The molecule has 200 valence electrons. The number of alkyl halides is 3. The Bertz CT molecular complexity index is 1510. The second kappa shape index (κ2) is 9.33. The van der Waals surface area contributed by atoms with Crippen molar-refractivity contribution in [2.75, 3.05) is 11.4 Å². The van der Waals surface area contributed by atoms with Gasteiger partial charge in [0.1, 0.15) is 28.9 Å². The molecule has 2 fully saturated rings. The van der Waals surface area contributed by atoms with Crippen LogP contribution in [0, 0.1) is 23.5 Å². The van der Waals surface area contributed by atoms with Crippen LogP contribution in [0.2, 0.25) is 5.02 Å². The zero-order valence-electron chi connectivity index (χ0n) is 19.8. The summed E-state index contributed by atoms with van der Waals surface area (Å²) in [7, 11) is 0. The van der Waals surface area contributed by atoms with E-state index < -0.39 is 57.4 Å². The van der Waals surface area contributed by atoms with Crippen molar-refractivity contribution in [3.63, 3.8) is 0 Å². The largest absolute Gasteiger partial charge is 0.408 e. The second-order valence-electron chi connectivity index (χ2n) is 9.64. The van der Waals surface area contributed by atoms with E-state index in [1.54, 1.807) is 0 Å². The molecule has 1 aliphatic heterocycles. The van der Waals surface area contributed by atoms with Crippen LogP contribution in [0.1, 0.15) is 36.5 Å². The van der Waals surface area contributed by atoms with Crippen molar-refractivity contribution in [2.24, 2.45) is 11.8 Å². The molecule has 2 unspecified atom stereocenters. The number of nitrogens with one attached hydrogen (secondary N) is 1. The molecule has 1 saturated heterocycles. The fourth-order valence-corrected chi connectivity index (χ4v) is 4.95. The number of anilines is 1. The molecule has 2 aromatic heterocycles. The van der Waals surface area contributed by atoms with Crippen LogP contribution >= 0.6 is 11.6 Å². The number of aromatic nitrogens is 2. The summed E-state index contributed by atoms with van der Waals surface area (Å²) in [6, 6.07) is 1.77. The molecule has 7 nitrogen and oxygen atoms in total. The van der Waals surface area contributed by atoms with Crippen molar-refractivity contribution < 1.29 is 31.5 Å². The Hall–Kier alpha value is -3.54. The third-order valence-corrected chi connectivity index (χ3v) is 6.92. The minimum absolute atomic E-state index is 0.0327. The lowest BCUT2D eigenvalue weighted by Gasteiger charge is -2.22. The molecule has 0 spiro atoms. The van der Waals surface area contributed by atoms with Crippen LogP contribution in [0.3, 0.4) is 0 Å². The van der Waals surface area contributed by atoms with E-state index >= 15 is 0 Å². The number of nitrogens with zero attached hydrogens (tertiary/aromatic N) is 3. The van der Waals surface area contributed by atoms with E-state index in [9.17, 15) is 36.3 Å². The van der Waals surface area contributed by atoms with Crippen LogP contribution < -0.4 is 15.6 Å². The summed E-state index contributed by atoms with van der Waals surface area (Å²) in [6.45, 7) is 2.21.